The lowest BCUT2D eigenvalue weighted by Gasteiger charge is -2.42. The molecule has 0 spiro atoms. The van der Waals surface area contributed by atoms with Gasteiger partial charge in [0.15, 0.2) is 17.0 Å². The first-order valence-electron chi connectivity index (χ1n) is 44.3. The molecule has 7 N–H and O–H groups in total. The number of allylic oxidation sites excluding steroid dienone is 6. The van der Waals surface area contributed by atoms with Crippen LogP contribution in [0.2, 0.25) is 0 Å². The molecular weight excluding hydrogens is 1600 g/mol. The molecule has 3 fully saturated rings. The Balaban J connectivity index is 0.601. The number of anilines is 2. The summed E-state index contributed by atoms with van der Waals surface area (Å²) in [5, 5.41) is 40.7. The maximum Gasteiger partial charge on any atom is 0.329 e. The van der Waals surface area contributed by atoms with Crippen molar-refractivity contribution < 1.29 is 105 Å². The third-order valence-corrected chi connectivity index (χ3v) is 23.7. The molecule has 0 unspecified atom stereocenters. The van der Waals surface area contributed by atoms with E-state index in [0.717, 1.165) is 36.8 Å². The molecule has 9 rings (SSSR count). The SMILES string of the molecule is CO[C@H]1C[C@@H]2CC[C@@H](C)[C@@](O)(O2)C(=O)C(=O)N2CCCC[C@H]2C(=O)O[C@H]([C@H](C)C[C@@H]2CC[C@@H](OCCOCc3cn(CCOCCOCCOCCOCCCCCOCCOCCNC(=O)CCCCn4nc(-c5ccc6oc(N)nc6c5)c5c(N)ncnc54)nn3)[C@H](OC)C2)CC(=O)[C@H](C)/C=C(\C)[C@@H](O)[C@@H](OC)C(=O)[C@H](C)C[C@H](C)/C=C/C=CC=C1C. The van der Waals surface area contributed by atoms with Crippen molar-refractivity contribution in [3.05, 3.63) is 84.0 Å². The number of amides is 2. The number of piperidine rings is 1. The van der Waals surface area contributed by atoms with Crippen LogP contribution >= 0.6 is 0 Å². The van der Waals surface area contributed by atoms with Crippen molar-refractivity contribution in [3.63, 3.8) is 0 Å². The Hall–Kier alpha value is -8.20. The summed E-state index contributed by atoms with van der Waals surface area (Å²) in [6.45, 7) is 20.8. The number of aliphatic hydroxyl groups is 2. The molecule has 34 heteroatoms. The fraction of sp³-hybridized carbons (Fsp3) is 0.689. The normalized spacial score (nSPS) is 26.2. The monoisotopic (exact) mass is 1740 g/mol. The van der Waals surface area contributed by atoms with Gasteiger partial charge in [-0.15, -0.1) is 5.10 Å². The van der Waals surface area contributed by atoms with Crippen LogP contribution in [-0.2, 0) is 110 Å². The number of aromatic nitrogens is 8. The van der Waals surface area contributed by atoms with E-state index in [0.29, 0.717) is 234 Å². The molecule has 1 saturated carbocycles. The highest BCUT2D eigenvalue weighted by Crippen LogP contribution is 2.39. The van der Waals surface area contributed by atoms with Crippen LogP contribution in [0.5, 0.6) is 0 Å². The summed E-state index contributed by atoms with van der Waals surface area (Å²) >= 11 is 0. The number of hydrogen-bond donors (Lipinski definition) is 5. The number of unbranched alkanes of at least 4 members (excludes halogenated alkanes) is 3. The topological polar surface area (TPSA) is 431 Å². The highest BCUT2D eigenvalue weighted by molar-refractivity contribution is 6.39. The molecule has 4 aliphatic rings. The average molecular weight is 1740 g/mol. The maximum absolute atomic E-state index is 14.8. The second-order valence-corrected chi connectivity index (χ2v) is 33.3. The number of ketones is 3. The second-order valence-electron chi connectivity index (χ2n) is 33.3. The molecule has 34 nitrogen and oxygen atoms in total. The van der Waals surface area contributed by atoms with E-state index < -0.39 is 77.8 Å². The Morgan fingerprint density at radius 1 is 0.734 bits per heavy atom. The number of nitrogens with one attached hydrogen (secondary N) is 1. The minimum absolute atomic E-state index is 0.00780. The van der Waals surface area contributed by atoms with Gasteiger partial charge in [0.1, 0.15) is 59.2 Å². The first-order valence-corrected chi connectivity index (χ1v) is 44.3. The molecule has 4 aromatic heterocycles. The molecule has 124 heavy (non-hydrogen) atoms. The largest absolute Gasteiger partial charge is 0.460 e. The van der Waals surface area contributed by atoms with Crippen LogP contribution in [0.4, 0.5) is 11.8 Å². The van der Waals surface area contributed by atoms with Crippen LogP contribution < -0.4 is 16.8 Å². The molecule has 2 bridgehead atoms. The number of aryl methyl sites for hydroxylation is 1. The number of carbonyl (C=O) groups excluding carboxylic acids is 6. The minimum Gasteiger partial charge on any atom is -0.460 e. The number of benzene rings is 1. The van der Waals surface area contributed by atoms with Gasteiger partial charge in [-0.2, -0.15) is 10.1 Å². The maximum atomic E-state index is 14.8. The third kappa shape index (κ3) is 30.5. The smallest absolute Gasteiger partial charge is 0.329 e. The number of methoxy groups -OCH3 is 3. The zero-order valence-electron chi connectivity index (χ0n) is 74.3. The van der Waals surface area contributed by atoms with Crippen molar-refractivity contribution in [1.82, 2.24) is 49.9 Å². The van der Waals surface area contributed by atoms with Crippen LogP contribution in [0.1, 0.15) is 170 Å². The standard InChI is InChI=1S/C90H136N12O22/c1-59-21-13-11-14-22-60(2)75(111-8)54-69-28-25-65(7)90(110,124-69)84(107)87(108)101-32-17-15-23-71(101)88(109)122-76(55-72(103)61(3)50-64(6)82(106)83(113-10)81(105)63(5)49-59)62(4)51-66-26-29-74(77(52-66)112-9)121-48-47-120-57-68-56-100(99-97-68)34-38-117-42-44-119-46-45-118-43-40-115-36-20-12-19-35-114-39-41-116-37-31-93-78(104)24-16-18-33-102-86-79(85(91)94-58-95-86)80(98-102)67-27-30-73-70(53-67)96-89(92)123-73/h11,13-14,21-22,27,30,50,53,56,58-59,61-63,65-66,69,71,74-77,82-83,106,110H,12,15-20,23-26,28-29,31-49,51-52,54-55,57H2,1-10H3,(H2,92,96)(H,93,104)(H2,91,94,95)/b14-11?,21-13+,60-22?,64-50+/t59-,61-,62-,63-,65-,66+,69+,71+,74-,75+,76+,77-,82-,83+,90-/m1/s1. The van der Waals surface area contributed by atoms with E-state index in [9.17, 15) is 39.0 Å². The second kappa shape index (κ2) is 52.2. The molecule has 2 saturated heterocycles. The van der Waals surface area contributed by atoms with Crippen LogP contribution in [0.15, 0.2) is 82.7 Å². The van der Waals surface area contributed by atoms with E-state index in [1.807, 2.05) is 76.4 Å². The number of fused-ring (bicyclic) bond motifs is 5. The number of aliphatic hydroxyl groups excluding tert-OH is 1. The van der Waals surface area contributed by atoms with Gasteiger partial charge in [-0.1, -0.05) is 76.3 Å². The van der Waals surface area contributed by atoms with E-state index in [2.05, 4.69) is 30.6 Å². The fourth-order valence-corrected chi connectivity index (χ4v) is 16.4. The number of oxazole rings is 1. The number of cyclic esters (lactones) is 1. The summed E-state index contributed by atoms with van der Waals surface area (Å²) in [6.07, 6.45) is 19.2. The van der Waals surface area contributed by atoms with Gasteiger partial charge in [0.25, 0.3) is 17.7 Å². The summed E-state index contributed by atoms with van der Waals surface area (Å²) in [4.78, 5) is 98.8. The lowest BCUT2D eigenvalue weighted by molar-refractivity contribution is -0.265. The first kappa shape index (κ1) is 99.6. The highest BCUT2D eigenvalue weighted by atomic mass is 16.6. The molecular formula is C90H136N12O22. The predicted octanol–water partition coefficient (Wildman–Crippen LogP) is 9.38. The minimum atomic E-state index is -2.47. The van der Waals surface area contributed by atoms with Gasteiger partial charge in [-0.05, 0) is 157 Å². The zero-order valence-corrected chi connectivity index (χ0v) is 74.3. The number of esters is 1. The van der Waals surface area contributed by atoms with Gasteiger partial charge in [0.05, 0.1) is 128 Å². The van der Waals surface area contributed by atoms with E-state index >= 15 is 0 Å². The zero-order chi connectivity index (χ0) is 88.9. The molecule has 3 aliphatic heterocycles. The van der Waals surface area contributed by atoms with Crippen LogP contribution in [0, 0.1) is 35.5 Å². The number of hydrogen-bond acceptors (Lipinski definition) is 30. The Morgan fingerprint density at radius 2 is 1.45 bits per heavy atom. The number of nitrogen functional groups attached to an aromatic ring is 2. The van der Waals surface area contributed by atoms with Gasteiger partial charge in [-0.25, -0.2) is 24.1 Å². The number of rotatable bonds is 42. The van der Waals surface area contributed by atoms with Crippen LogP contribution in [0.3, 0.4) is 0 Å². The number of nitrogens with zero attached hydrogens (tertiary/aromatic N) is 9. The van der Waals surface area contributed by atoms with Gasteiger partial charge < -0.3 is 97.9 Å². The Labute approximate surface area is 728 Å². The summed E-state index contributed by atoms with van der Waals surface area (Å²) < 4.78 is 85.6. The Kier molecular flexibility index (Phi) is 41.9. The molecule has 1 aliphatic carbocycles. The highest BCUT2D eigenvalue weighted by Gasteiger charge is 2.53. The molecule has 5 aromatic rings. The summed E-state index contributed by atoms with van der Waals surface area (Å²) in [5.41, 5.74) is 17.1. The lowest BCUT2D eigenvalue weighted by Crippen LogP contribution is -2.61. The average Bonchev–Trinajstić information content (AvgIpc) is 1.71. The predicted molar refractivity (Wildman–Crippen MR) is 461 cm³/mol. The van der Waals surface area contributed by atoms with Gasteiger partial charge in [-0.3, -0.25) is 24.0 Å². The van der Waals surface area contributed by atoms with Crippen LogP contribution in [0.25, 0.3) is 33.4 Å². The molecule has 15 atom stereocenters. The molecule has 688 valence electrons. The van der Waals surface area contributed by atoms with E-state index in [-0.39, 0.29) is 79.4 Å². The summed E-state index contributed by atoms with van der Waals surface area (Å²) in [7, 11) is 4.61. The first-order chi connectivity index (χ1) is 59.9. The summed E-state index contributed by atoms with van der Waals surface area (Å²) in [6, 6.07) is 4.39. The lowest BCUT2D eigenvalue weighted by atomic mass is 9.78. The van der Waals surface area contributed by atoms with Crippen molar-refractivity contribution in [2.75, 3.05) is 138 Å². The molecule has 1 aromatic carbocycles. The van der Waals surface area contributed by atoms with E-state index in [1.165, 1.54) is 18.3 Å². The molecule has 7 heterocycles. The van der Waals surface area contributed by atoms with Crippen molar-refractivity contribution in [2.45, 2.75) is 238 Å². The van der Waals surface area contributed by atoms with Crippen molar-refractivity contribution in [2.24, 2.45) is 35.5 Å². The van der Waals surface area contributed by atoms with Crippen molar-refractivity contribution in [3.8, 4) is 11.3 Å². The Morgan fingerprint density at radius 3 is 2.18 bits per heavy atom. The molecule has 2 amide bonds. The number of carbonyl (C=O) groups is 6. The van der Waals surface area contributed by atoms with Crippen molar-refractivity contribution in [1.29, 1.82) is 0 Å². The number of ether oxygens (including phenoxy) is 13. The quantitative estimate of drug-likeness (QED) is 0.0105. The van der Waals surface area contributed by atoms with Crippen LogP contribution in [-0.4, -0.2) is 271 Å². The van der Waals surface area contributed by atoms with Crippen molar-refractivity contribution >= 4 is 69.1 Å². The fourth-order valence-electron chi connectivity index (χ4n) is 16.4. The van der Waals surface area contributed by atoms with E-state index in [1.54, 1.807) is 56.5 Å². The van der Waals surface area contributed by atoms with Gasteiger partial charge in [0, 0.05) is 96.8 Å². The van der Waals surface area contributed by atoms with Gasteiger partial charge in [0.2, 0.25) is 11.7 Å². The van der Waals surface area contributed by atoms with E-state index in [4.69, 9.17) is 82.6 Å². The molecule has 0 radical (unpaired) electrons. The Bertz CT molecular complexity index is 4260. The summed E-state index contributed by atoms with van der Waals surface area (Å²) in [5.74, 6) is -8.01. The number of nitrogens with two attached hydrogens (primary N) is 2. The van der Waals surface area contributed by atoms with Gasteiger partial charge >= 0.3 is 5.97 Å². The third-order valence-electron chi connectivity index (χ3n) is 23.7. The number of Topliss-reactive ketones (excluding diaryl/α,β-unsaturated/α-hetero) is 3.